The van der Waals surface area contributed by atoms with E-state index in [2.05, 4.69) is 11.3 Å². The van der Waals surface area contributed by atoms with Crippen molar-refractivity contribution in [1.82, 2.24) is 0 Å². The fraction of sp³-hybridized carbons (Fsp3) is 0.308. The molecule has 0 saturated heterocycles. The molecule has 0 aromatic heterocycles. The van der Waals surface area contributed by atoms with Crippen LogP contribution in [-0.4, -0.2) is 12.6 Å². The van der Waals surface area contributed by atoms with Crippen LogP contribution in [0.3, 0.4) is 0 Å². The van der Waals surface area contributed by atoms with Crippen molar-refractivity contribution < 1.29 is 31.8 Å². The molecular formula is C13H12F4O3. The smallest absolute Gasteiger partial charge is 0.311 e. The maximum absolute atomic E-state index is 13.2. The molecule has 0 amide bonds. The molecular weight excluding hydrogens is 280 g/mol. The second-order valence-corrected chi connectivity index (χ2v) is 4.08. The average molecular weight is 292 g/mol. The lowest BCUT2D eigenvalue weighted by molar-refractivity contribution is -0.136. The number of halogens is 4. The molecule has 0 saturated carbocycles. The first-order valence-corrected chi connectivity index (χ1v) is 5.63. The Morgan fingerprint density at radius 2 is 1.85 bits per heavy atom. The zero-order valence-corrected chi connectivity index (χ0v) is 10.6. The number of benzene rings is 1. The zero-order chi connectivity index (χ0) is 15.3. The highest BCUT2D eigenvalue weighted by atomic mass is 19.2. The molecule has 0 N–H and O–H groups in total. The average Bonchev–Trinajstić information content (AvgIpc) is 2.39. The van der Waals surface area contributed by atoms with E-state index in [1.807, 2.05) is 0 Å². The van der Waals surface area contributed by atoms with Gasteiger partial charge in [-0.25, -0.2) is 8.78 Å². The van der Waals surface area contributed by atoms with E-state index in [1.165, 1.54) is 6.26 Å². The number of ether oxygens (including phenoxy) is 2. The van der Waals surface area contributed by atoms with Crippen LogP contribution < -0.4 is 4.74 Å². The summed E-state index contributed by atoms with van der Waals surface area (Å²) in [5, 5.41) is 0. The summed E-state index contributed by atoms with van der Waals surface area (Å²) in [4.78, 5) is 11.4. The molecule has 1 atom stereocenters. The van der Waals surface area contributed by atoms with E-state index in [9.17, 15) is 22.4 Å². The Labute approximate surface area is 112 Å². The van der Waals surface area contributed by atoms with Gasteiger partial charge in [0.2, 0.25) is 17.4 Å². The Kier molecular flexibility index (Phi) is 5.54. The monoisotopic (exact) mass is 292 g/mol. The summed E-state index contributed by atoms with van der Waals surface area (Å²) in [6, 6.07) is 0.0303. The number of esters is 1. The van der Waals surface area contributed by atoms with Gasteiger partial charge in [-0.2, -0.15) is 8.78 Å². The summed E-state index contributed by atoms with van der Waals surface area (Å²) in [5.74, 6) is -9.55. The maximum atomic E-state index is 13.2. The summed E-state index contributed by atoms with van der Waals surface area (Å²) in [7, 11) is 0. The van der Waals surface area contributed by atoms with Gasteiger partial charge in [0.1, 0.15) is 0 Å². The Balaban J connectivity index is 2.78. The van der Waals surface area contributed by atoms with Gasteiger partial charge in [-0.3, -0.25) is 4.79 Å². The fourth-order valence-corrected chi connectivity index (χ4v) is 1.37. The van der Waals surface area contributed by atoms with Crippen molar-refractivity contribution in [1.29, 1.82) is 0 Å². The quantitative estimate of drug-likeness (QED) is 0.265. The minimum atomic E-state index is -1.76. The highest BCUT2D eigenvalue weighted by Crippen LogP contribution is 2.27. The molecule has 1 aromatic carbocycles. The minimum Gasteiger partial charge on any atom is -0.502 e. The van der Waals surface area contributed by atoms with E-state index in [4.69, 9.17) is 4.74 Å². The number of hydrogen-bond acceptors (Lipinski definition) is 3. The normalized spacial score (nSPS) is 11.8. The molecule has 1 aromatic rings. The predicted octanol–water partition coefficient (Wildman–Crippen LogP) is 3.33. The molecule has 0 radical (unpaired) electrons. The maximum Gasteiger partial charge on any atom is 0.311 e. The largest absolute Gasteiger partial charge is 0.502 e. The summed E-state index contributed by atoms with van der Waals surface area (Å²) < 4.78 is 61.4. The van der Waals surface area contributed by atoms with Crippen LogP contribution in [0.2, 0.25) is 0 Å². The van der Waals surface area contributed by atoms with Crippen molar-refractivity contribution >= 4 is 5.97 Å². The van der Waals surface area contributed by atoms with E-state index in [1.54, 1.807) is 6.92 Å². The standard InChI is InChI=1S/C13H12F4O3/c1-3-19-6-7(2)4-10(18)20-13-11(16)8(14)5-9(15)12(13)17/h3,5,7H,1,4,6H2,2H3. The van der Waals surface area contributed by atoms with Crippen molar-refractivity contribution in [2.45, 2.75) is 13.3 Å². The first-order valence-electron chi connectivity index (χ1n) is 5.63. The molecule has 0 bridgehead atoms. The number of rotatable bonds is 6. The van der Waals surface area contributed by atoms with Crippen LogP contribution in [0, 0.1) is 29.2 Å². The molecule has 7 heteroatoms. The fourth-order valence-electron chi connectivity index (χ4n) is 1.37. The Morgan fingerprint density at radius 1 is 1.30 bits per heavy atom. The van der Waals surface area contributed by atoms with E-state index in [0.717, 1.165) is 0 Å². The van der Waals surface area contributed by atoms with Gasteiger partial charge in [-0.1, -0.05) is 13.5 Å². The van der Waals surface area contributed by atoms with Crippen LogP contribution in [-0.2, 0) is 9.53 Å². The predicted molar refractivity (Wildman–Crippen MR) is 61.8 cm³/mol. The molecule has 0 fully saturated rings. The highest BCUT2D eigenvalue weighted by molar-refractivity contribution is 5.72. The lowest BCUT2D eigenvalue weighted by Gasteiger charge is -2.11. The van der Waals surface area contributed by atoms with Crippen LogP contribution >= 0.6 is 0 Å². The summed E-state index contributed by atoms with van der Waals surface area (Å²) in [5.41, 5.74) is 0. The lowest BCUT2D eigenvalue weighted by Crippen LogP contribution is -2.17. The first-order chi connectivity index (χ1) is 9.36. The van der Waals surface area contributed by atoms with Crippen LogP contribution in [0.1, 0.15) is 13.3 Å². The molecule has 1 unspecified atom stereocenters. The minimum absolute atomic E-state index is 0.0303. The second kappa shape index (κ2) is 6.93. The van der Waals surface area contributed by atoms with Crippen molar-refractivity contribution in [2.75, 3.05) is 6.61 Å². The third-order valence-electron chi connectivity index (χ3n) is 2.30. The highest BCUT2D eigenvalue weighted by Gasteiger charge is 2.23. The topological polar surface area (TPSA) is 35.5 Å². The van der Waals surface area contributed by atoms with Crippen molar-refractivity contribution in [3.63, 3.8) is 0 Å². The van der Waals surface area contributed by atoms with E-state index in [0.29, 0.717) is 0 Å². The number of carbonyl (C=O) groups is 1. The van der Waals surface area contributed by atoms with Crippen molar-refractivity contribution in [2.24, 2.45) is 5.92 Å². The van der Waals surface area contributed by atoms with E-state index in [-0.39, 0.29) is 25.0 Å². The number of carbonyl (C=O) groups excluding carboxylic acids is 1. The van der Waals surface area contributed by atoms with Crippen LogP contribution in [0.5, 0.6) is 5.75 Å². The molecule has 20 heavy (non-hydrogen) atoms. The molecule has 1 rings (SSSR count). The number of hydrogen-bond donors (Lipinski definition) is 0. The Hall–Kier alpha value is -2.05. The SMILES string of the molecule is C=COCC(C)CC(=O)Oc1c(F)c(F)cc(F)c1F. The van der Waals surface area contributed by atoms with Gasteiger partial charge in [0.25, 0.3) is 0 Å². The molecule has 110 valence electrons. The first kappa shape index (κ1) is 16.0. The van der Waals surface area contributed by atoms with E-state index < -0.39 is 35.0 Å². The summed E-state index contributed by atoms with van der Waals surface area (Å²) in [6.07, 6.45) is 0.925. The molecule has 0 aliphatic carbocycles. The van der Waals surface area contributed by atoms with Crippen molar-refractivity contribution in [3.8, 4) is 5.75 Å². The third-order valence-corrected chi connectivity index (χ3v) is 2.30. The van der Waals surface area contributed by atoms with Gasteiger partial charge in [0, 0.05) is 12.0 Å². The van der Waals surface area contributed by atoms with E-state index >= 15 is 0 Å². The lowest BCUT2D eigenvalue weighted by atomic mass is 10.1. The van der Waals surface area contributed by atoms with Crippen molar-refractivity contribution in [3.05, 3.63) is 42.2 Å². The van der Waals surface area contributed by atoms with Gasteiger partial charge < -0.3 is 9.47 Å². The molecule has 0 heterocycles. The molecule has 0 spiro atoms. The molecule has 0 aliphatic rings. The van der Waals surface area contributed by atoms with Gasteiger partial charge in [0.05, 0.1) is 19.3 Å². The van der Waals surface area contributed by atoms with Crippen LogP contribution in [0.15, 0.2) is 18.9 Å². The summed E-state index contributed by atoms with van der Waals surface area (Å²) >= 11 is 0. The van der Waals surface area contributed by atoms with Crippen LogP contribution in [0.4, 0.5) is 17.6 Å². The zero-order valence-electron chi connectivity index (χ0n) is 10.6. The molecule has 3 nitrogen and oxygen atoms in total. The Morgan fingerprint density at radius 3 is 2.35 bits per heavy atom. The van der Waals surface area contributed by atoms with Gasteiger partial charge >= 0.3 is 5.97 Å². The van der Waals surface area contributed by atoms with Gasteiger partial charge in [-0.05, 0) is 0 Å². The van der Waals surface area contributed by atoms with Gasteiger partial charge in [0.15, 0.2) is 11.6 Å². The second-order valence-electron chi connectivity index (χ2n) is 4.08. The third kappa shape index (κ3) is 3.97. The summed E-state index contributed by atoms with van der Waals surface area (Å²) in [6.45, 7) is 5.06. The Bertz CT molecular complexity index is 491. The molecule has 0 aliphatic heterocycles. The van der Waals surface area contributed by atoms with Crippen LogP contribution in [0.25, 0.3) is 0 Å². The van der Waals surface area contributed by atoms with Gasteiger partial charge in [-0.15, -0.1) is 0 Å².